The minimum Gasteiger partial charge on any atom is -0.466 e. The molecule has 1 fully saturated rings. The van der Waals surface area contributed by atoms with E-state index in [1.165, 1.54) is 19.5 Å². The van der Waals surface area contributed by atoms with Crippen LogP contribution in [-0.4, -0.2) is 50.2 Å². The van der Waals surface area contributed by atoms with E-state index in [0.717, 1.165) is 12.5 Å². The van der Waals surface area contributed by atoms with Gasteiger partial charge in [-0.3, -0.25) is 4.79 Å². The smallest absolute Gasteiger partial charge is 0.307 e. The average Bonchev–Trinajstić information content (AvgIpc) is 2.61. The molecule has 0 spiro atoms. The van der Waals surface area contributed by atoms with Crippen molar-refractivity contribution in [1.82, 2.24) is 10.2 Å². The van der Waals surface area contributed by atoms with Crippen molar-refractivity contribution < 1.29 is 9.53 Å². The van der Waals surface area contributed by atoms with Crippen LogP contribution in [0.4, 0.5) is 0 Å². The first-order valence-electron chi connectivity index (χ1n) is 6.19. The highest BCUT2D eigenvalue weighted by Gasteiger charge is 2.20. The van der Waals surface area contributed by atoms with E-state index in [1.807, 2.05) is 13.8 Å². The lowest BCUT2D eigenvalue weighted by Gasteiger charge is -2.16. The van der Waals surface area contributed by atoms with Crippen molar-refractivity contribution in [2.24, 2.45) is 5.92 Å². The van der Waals surface area contributed by atoms with E-state index >= 15 is 0 Å². The number of ether oxygens (including phenoxy) is 1. The van der Waals surface area contributed by atoms with Gasteiger partial charge < -0.3 is 15.0 Å². The van der Waals surface area contributed by atoms with Crippen LogP contribution in [0.2, 0.25) is 0 Å². The fourth-order valence-corrected chi connectivity index (χ4v) is 2.10. The summed E-state index contributed by atoms with van der Waals surface area (Å²) in [6, 6.07) is 0.213. The van der Waals surface area contributed by atoms with Crippen molar-refractivity contribution in [3.8, 4) is 0 Å². The molecule has 4 heteroatoms. The third-order valence-electron chi connectivity index (χ3n) is 3.02. The molecule has 94 valence electrons. The van der Waals surface area contributed by atoms with E-state index in [4.69, 9.17) is 4.74 Å². The number of nitrogens with one attached hydrogen (secondary N) is 1. The summed E-state index contributed by atoms with van der Waals surface area (Å²) in [6.45, 7) is 7.71. The Kier molecular flexibility index (Phi) is 5.77. The standard InChI is InChI=1S/C12H24N2O2/c1-4-16-12(15)7-10(2)13-8-11-5-6-14(3)9-11/h10-11,13H,4-9H2,1-3H3. The van der Waals surface area contributed by atoms with Gasteiger partial charge in [-0.15, -0.1) is 0 Å². The van der Waals surface area contributed by atoms with Gasteiger partial charge in [0, 0.05) is 12.6 Å². The zero-order chi connectivity index (χ0) is 12.0. The van der Waals surface area contributed by atoms with Crippen LogP contribution in [0.15, 0.2) is 0 Å². The average molecular weight is 228 g/mol. The predicted octanol–water partition coefficient (Wildman–Crippen LogP) is 0.869. The number of carbonyl (C=O) groups excluding carboxylic acids is 1. The molecule has 1 rings (SSSR count). The topological polar surface area (TPSA) is 41.6 Å². The second-order valence-corrected chi connectivity index (χ2v) is 4.74. The van der Waals surface area contributed by atoms with Crippen molar-refractivity contribution in [3.05, 3.63) is 0 Å². The number of esters is 1. The van der Waals surface area contributed by atoms with Gasteiger partial charge in [0.05, 0.1) is 13.0 Å². The first-order chi connectivity index (χ1) is 7.61. The van der Waals surface area contributed by atoms with Gasteiger partial charge in [-0.05, 0) is 46.3 Å². The highest BCUT2D eigenvalue weighted by molar-refractivity contribution is 5.69. The van der Waals surface area contributed by atoms with Crippen LogP contribution in [0.25, 0.3) is 0 Å². The highest BCUT2D eigenvalue weighted by Crippen LogP contribution is 2.13. The first-order valence-corrected chi connectivity index (χ1v) is 6.19. The van der Waals surface area contributed by atoms with Gasteiger partial charge in [-0.25, -0.2) is 0 Å². The van der Waals surface area contributed by atoms with Crippen LogP contribution in [0.1, 0.15) is 26.7 Å². The molecule has 0 saturated carbocycles. The van der Waals surface area contributed by atoms with E-state index in [-0.39, 0.29) is 12.0 Å². The monoisotopic (exact) mass is 228 g/mol. The summed E-state index contributed by atoms with van der Waals surface area (Å²) in [4.78, 5) is 13.6. The summed E-state index contributed by atoms with van der Waals surface area (Å²) in [5.41, 5.74) is 0. The summed E-state index contributed by atoms with van der Waals surface area (Å²) < 4.78 is 4.91. The molecule has 1 aliphatic rings. The van der Waals surface area contributed by atoms with Crippen LogP contribution in [0.3, 0.4) is 0 Å². The molecule has 0 aromatic heterocycles. The zero-order valence-corrected chi connectivity index (χ0v) is 10.7. The Morgan fingerprint density at radius 2 is 2.38 bits per heavy atom. The van der Waals surface area contributed by atoms with Crippen LogP contribution in [-0.2, 0) is 9.53 Å². The molecule has 16 heavy (non-hydrogen) atoms. The number of rotatable bonds is 6. The summed E-state index contributed by atoms with van der Waals surface area (Å²) in [7, 11) is 2.15. The van der Waals surface area contributed by atoms with Gasteiger partial charge >= 0.3 is 5.97 Å². The Labute approximate surface area is 98.3 Å². The maximum absolute atomic E-state index is 11.2. The van der Waals surface area contributed by atoms with Crippen LogP contribution in [0, 0.1) is 5.92 Å². The normalized spacial score (nSPS) is 23.3. The SMILES string of the molecule is CCOC(=O)CC(C)NCC1CCN(C)C1. The third-order valence-corrected chi connectivity index (χ3v) is 3.02. The quantitative estimate of drug-likeness (QED) is 0.685. The molecule has 1 saturated heterocycles. The fraction of sp³-hybridized carbons (Fsp3) is 0.917. The molecule has 1 aliphatic heterocycles. The second kappa shape index (κ2) is 6.86. The summed E-state index contributed by atoms with van der Waals surface area (Å²) >= 11 is 0. The molecule has 0 bridgehead atoms. The van der Waals surface area contributed by atoms with Crippen molar-refractivity contribution in [3.63, 3.8) is 0 Å². The summed E-state index contributed by atoms with van der Waals surface area (Å²) in [5.74, 6) is 0.626. The number of carbonyl (C=O) groups is 1. The molecular weight excluding hydrogens is 204 g/mol. The molecule has 1 heterocycles. The molecule has 4 nitrogen and oxygen atoms in total. The molecule has 2 atom stereocenters. The Bertz CT molecular complexity index is 221. The molecule has 0 radical (unpaired) electrons. The van der Waals surface area contributed by atoms with Gasteiger partial charge in [0.1, 0.15) is 0 Å². The van der Waals surface area contributed by atoms with Gasteiger partial charge in [-0.2, -0.15) is 0 Å². The maximum atomic E-state index is 11.2. The van der Waals surface area contributed by atoms with E-state index in [0.29, 0.717) is 13.0 Å². The molecule has 0 aromatic rings. The Morgan fingerprint density at radius 1 is 1.62 bits per heavy atom. The minimum atomic E-state index is -0.106. The van der Waals surface area contributed by atoms with E-state index < -0.39 is 0 Å². The largest absolute Gasteiger partial charge is 0.466 e. The number of hydrogen-bond donors (Lipinski definition) is 1. The van der Waals surface area contributed by atoms with Gasteiger partial charge in [-0.1, -0.05) is 0 Å². The molecule has 0 aliphatic carbocycles. The molecule has 0 aromatic carbocycles. The summed E-state index contributed by atoms with van der Waals surface area (Å²) in [5, 5.41) is 3.41. The van der Waals surface area contributed by atoms with Crippen molar-refractivity contribution in [2.75, 3.05) is 33.3 Å². The van der Waals surface area contributed by atoms with E-state index in [9.17, 15) is 4.79 Å². The summed E-state index contributed by atoms with van der Waals surface area (Å²) in [6.07, 6.45) is 1.73. The van der Waals surface area contributed by atoms with Crippen LogP contribution >= 0.6 is 0 Å². The molecule has 1 N–H and O–H groups in total. The first kappa shape index (κ1) is 13.5. The van der Waals surface area contributed by atoms with Crippen molar-refractivity contribution in [1.29, 1.82) is 0 Å². The Hall–Kier alpha value is -0.610. The van der Waals surface area contributed by atoms with Crippen molar-refractivity contribution in [2.45, 2.75) is 32.7 Å². The number of likely N-dealkylation sites (tertiary alicyclic amines) is 1. The number of nitrogens with zero attached hydrogens (tertiary/aromatic N) is 1. The third kappa shape index (κ3) is 4.94. The Morgan fingerprint density at radius 3 is 2.94 bits per heavy atom. The number of hydrogen-bond acceptors (Lipinski definition) is 4. The zero-order valence-electron chi connectivity index (χ0n) is 10.7. The lowest BCUT2D eigenvalue weighted by atomic mass is 10.1. The molecule has 0 amide bonds. The molecule has 2 unspecified atom stereocenters. The second-order valence-electron chi connectivity index (χ2n) is 4.74. The highest BCUT2D eigenvalue weighted by atomic mass is 16.5. The van der Waals surface area contributed by atoms with Gasteiger partial charge in [0.15, 0.2) is 0 Å². The Balaban J connectivity index is 2.10. The fourth-order valence-electron chi connectivity index (χ4n) is 2.10. The van der Waals surface area contributed by atoms with Crippen LogP contribution in [0.5, 0.6) is 0 Å². The van der Waals surface area contributed by atoms with Crippen LogP contribution < -0.4 is 5.32 Å². The van der Waals surface area contributed by atoms with E-state index in [2.05, 4.69) is 17.3 Å². The predicted molar refractivity (Wildman–Crippen MR) is 64.3 cm³/mol. The van der Waals surface area contributed by atoms with E-state index in [1.54, 1.807) is 0 Å². The minimum absolute atomic E-state index is 0.106. The lowest BCUT2D eigenvalue weighted by Crippen LogP contribution is -2.34. The maximum Gasteiger partial charge on any atom is 0.307 e. The van der Waals surface area contributed by atoms with Gasteiger partial charge in [0.2, 0.25) is 0 Å². The van der Waals surface area contributed by atoms with Gasteiger partial charge in [0.25, 0.3) is 0 Å². The molecular formula is C12H24N2O2. The lowest BCUT2D eigenvalue weighted by molar-refractivity contribution is -0.143. The van der Waals surface area contributed by atoms with Crippen molar-refractivity contribution >= 4 is 5.97 Å².